The fourth-order valence-corrected chi connectivity index (χ4v) is 3.12. The molecule has 0 spiro atoms. The van der Waals surface area contributed by atoms with Crippen LogP contribution in [0.1, 0.15) is 12.5 Å². The second-order valence-corrected chi connectivity index (χ2v) is 6.76. The number of carbonyl (C=O) groups excluding carboxylic acids is 3. The highest BCUT2D eigenvalue weighted by molar-refractivity contribution is 6.39. The van der Waals surface area contributed by atoms with Gasteiger partial charge in [-0.2, -0.15) is 0 Å². The predicted octanol–water partition coefficient (Wildman–Crippen LogP) is 2.73. The van der Waals surface area contributed by atoms with E-state index in [0.717, 1.165) is 4.90 Å². The lowest BCUT2D eigenvalue weighted by atomic mass is 10.1. The van der Waals surface area contributed by atoms with Crippen LogP contribution in [0.25, 0.3) is 6.08 Å². The SMILES string of the molecule is CCOc1ccccc1N1C(=O)NC(=O)C(=Cc2ccc(N(C)C)c([N+](=O)[O-])c2)C1=O. The Balaban J connectivity index is 2.06. The van der Waals surface area contributed by atoms with Crippen molar-refractivity contribution in [3.63, 3.8) is 0 Å². The summed E-state index contributed by atoms with van der Waals surface area (Å²) in [6, 6.07) is 9.85. The van der Waals surface area contributed by atoms with Crippen LogP contribution in [-0.4, -0.2) is 43.5 Å². The molecule has 1 aliphatic rings. The van der Waals surface area contributed by atoms with Crippen LogP contribution in [0.5, 0.6) is 5.75 Å². The summed E-state index contributed by atoms with van der Waals surface area (Å²) < 4.78 is 5.49. The second-order valence-electron chi connectivity index (χ2n) is 6.76. The van der Waals surface area contributed by atoms with E-state index < -0.39 is 22.8 Å². The van der Waals surface area contributed by atoms with Gasteiger partial charge in [-0.15, -0.1) is 0 Å². The number of nitro groups is 1. The zero-order valence-corrected chi connectivity index (χ0v) is 17.1. The van der Waals surface area contributed by atoms with Gasteiger partial charge >= 0.3 is 6.03 Å². The first-order valence-electron chi connectivity index (χ1n) is 9.33. The van der Waals surface area contributed by atoms with Crippen molar-refractivity contribution in [2.75, 3.05) is 30.5 Å². The summed E-state index contributed by atoms with van der Waals surface area (Å²) in [5.41, 5.74) is 0.298. The Kier molecular flexibility index (Phi) is 6.00. The summed E-state index contributed by atoms with van der Waals surface area (Å²) in [7, 11) is 3.33. The molecule has 31 heavy (non-hydrogen) atoms. The van der Waals surface area contributed by atoms with Crippen molar-refractivity contribution in [3.8, 4) is 5.75 Å². The van der Waals surface area contributed by atoms with Crippen LogP contribution in [-0.2, 0) is 9.59 Å². The Morgan fingerprint density at radius 1 is 1.16 bits per heavy atom. The minimum absolute atomic E-state index is 0.180. The molecule has 0 aliphatic carbocycles. The molecule has 0 unspecified atom stereocenters. The van der Waals surface area contributed by atoms with Crippen molar-refractivity contribution in [2.45, 2.75) is 6.92 Å². The van der Waals surface area contributed by atoms with Crippen molar-refractivity contribution < 1.29 is 24.0 Å². The second kappa shape index (κ2) is 8.66. The molecule has 1 aliphatic heterocycles. The van der Waals surface area contributed by atoms with Crippen LogP contribution in [0, 0.1) is 10.1 Å². The molecule has 10 nitrogen and oxygen atoms in total. The van der Waals surface area contributed by atoms with Crippen LogP contribution < -0.4 is 19.9 Å². The lowest BCUT2D eigenvalue weighted by Crippen LogP contribution is -2.54. The first-order chi connectivity index (χ1) is 14.7. The number of nitrogens with zero attached hydrogens (tertiary/aromatic N) is 3. The minimum atomic E-state index is -0.909. The summed E-state index contributed by atoms with van der Waals surface area (Å²) in [6.45, 7) is 2.07. The van der Waals surface area contributed by atoms with Gasteiger partial charge in [-0.3, -0.25) is 25.0 Å². The third-order valence-electron chi connectivity index (χ3n) is 4.50. The van der Waals surface area contributed by atoms with Crippen LogP contribution in [0.4, 0.5) is 21.9 Å². The van der Waals surface area contributed by atoms with Crippen molar-refractivity contribution in [1.82, 2.24) is 5.32 Å². The van der Waals surface area contributed by atoms with E-state index in [1.807, 2.05) is 0 Å². The molecule has 160 valence electrons. The summed E-state index contributed by atoms with van der Waals surface area (Å²) in [4.78, 5) is 51.2. The van der Waals surface area contributed by atoms with Crippen molar-refractivity contribution in [2.24, 2.45) is 0 Å². The number of rotatable bonds is 6. The number of nitro benzene ring substituents is 1. The lowest BCUT2D eigenvalue weighted by Gasteiger charge is -2.27. The maximum Gasteiger partial charge on any atom is 0.336 e. The predicted molar refractivity (Wildman–Crippen MR) is 114 cm³/mol. The monoisotopic (exact) mass is 424 g/mol. The van der Waals surface area contributed by atoms with Crippen molar-refractivity contribution >= 4 is 41.0 Å². The van der Waals surface area contributed by atoms with E-state index in [-0.39, 0.29) is 22.5 Å². The Hall–Kier alpha value is -4.21. The number of anilines is 2. The highest BCUT2D eigenvalue weighted by Crippen LogP contribution is 2.32. The van der Waals surface area contributed by atoms with Gasteiger partial charge < -0.3 is 9.64 Å². The number of hydrogen-bond acceptors (Lipinski definition) is 7. The molecule has 3 rings (SSSR count). The highest BCUT2D eigenvalue weighted by Gasteiger charge is 2.38. The first-order valence-corrected chi connectivity index (χ1v) is 9.33. The molecule has 1 heterocycles. The van der Waals surface area contributed by atoms with Gasteiger partial charge in [0.1, 0.15) is 17.0 Å². The zero-order chi connectivity index (χ0) is 22.7. The van der Waals surface area contributed by atoms with Crippen LogP contribution in [0.3, 0.4) is 0 Å². The number of imide groups is 2. The smallest absolute Gasteiger partial charge is 0.336 e. The molecule has 0 radical (unpaired) electrons. The fraction of sp³-hybridized carbons (Fsp3) is 0.190. The molecular formula is C21H20N4O6. The molecule has 1 saturated heterocycles. The molecule has 0 aromatic heterocycles. The Labute approximate surface area is 177 Å². The summed E-state index contributed by atoms with van der Waals surface area (Å²) in [6.07, 6.45) is 1.22. The number of para-hydroxylation sites is 2. The van der Waals surface area contributed by atoms with Gasteiger partial charge in [0, 0.05) is 20.2 Å². The molecule has 0 saturated carbocycles. The van der Waals surface area contributed by atoms with E-state index in [4.69, 9.17) is 4.74 Å². The van der Waals surface area contributed by atoms with Crippen LogP contribution in [0.2, 0.25) is 0 Å². The van der Waals surface area contributed by atoms with Gasteiger partial charge in [0.15, 0.2) is 0 Å². The van der Waals surface area contributed by atoms with Crippen LogP contribution in [0.15, 0.2) is 48.0 Å². The number of carbonyl (C=O) groups is 3. The molecule has 1 N–H and O–H groups in total. The normalized spacial score (nSPS) is 15.1. The third-order valence-corrected chi connectivity index (χ3v) is 4.50. The number of ether oxygens (including phenoxy) is 1. The van der Waals surface area contributed by atoms with E-state index in [2.05, 4.69) is 5.32 Å². The highest BCUT2D eigenvalue weighted by atomic mass is 16.6. The molecule has 1 fully saturated rings. The number of benzene rings is 2. The third kappa shape index (κ3) is 4.22. The van der Waals surface area contributed by atoms with E-state index in [9.17, 15) is 24.5 Å². The Morgan fingerprint density at radius 2 is 1.87 bits per heavy atom. The topological polar surface area (TPSA) is 122 Å². The van der Waals surface area contributed by atoms with Crippen molar-refractivity contribution in [3.05, 3.63) is 63.7 Å². The maximum atomic E-state index is 13.1. The molecule has 2 aromatic carbocycles. The molecule has 0 atom stereocenters. The Bertz CT molecular complexity index is 1110. The average molecular weight is 424 g/mol. The van der Waals surface area contributed by atoms with Gasteiger partial charge in [-0.1, -0.05) is 18.2 Å². The maximum absolute atomic E-state index is 13.1. The van der Waals surface area contributed by atoms with Crippen molar-refractivity contribution in [1.29, 1.82) is 0 Å². The van der Waals surface area contributed by atoms with Gasteiger partial charge in [-0.25, -0.2) is 9.69 Å². The van der Waals surface area contributed by atoms with E-state index in [1.165, 1.54) is 24.3 Å². The summed E-state index contributed by atoms with van der Waals surface area (Å²) in [5, 5.41) is 13.5. The fourth-order valence-electron chi connectivity index (χ4n) is 3.12. The number of amides is 4. The van der Waals surface area contributed by atoms with Gasteiger partial charge in [-0.05, 0) is 36.8 Å². The molecule has 2 aromatic rings. The largest absolute Gasteiger partial charge is 0.492 e. The van der Waals surface area contributed by atoms with E-state index in [0.29, 0.717) is 18.0 Å². The van der Waals surface area contributed by atoms with Gasteiger partial charge in [0.2, 0.25) is 0 Å². The van der Waals surface area contributed by atoms with E-state index in [1.54, 1.807) is 50.2 Å². The summed E-state index contributed by atoms with van der Waals surface area (Å²) in [5.74, 6) is -1.45. The lowest BCUT2D eigenvalue weighted by molar-refractivity contribution is -0.384. The number of barbiturate groups is 1. The van der Waals surface area contributed by atoms with Gasteiger partial charge in [0.05, 0.1) is 17.2 Å². The minimum Gasteiger partial charge on any atom is -0.492 e. The average Bonchev–Trinajstić information content (AvgIpc) is 2.72. The first kappa shape index (κ1) is 21.5. The van der Waals surface area contributed by atoms with Gasteiger partial charge in [0.25, 0.3) is 17.5 Å². The molecule has 4 amide bonds. The zero-order valence-electron chi connectivity index (χ0n) is 17.1. The number of nitrogens with one attached hydrogen (secondary N) is 1. The summed E-state index contributed by atoms with van der Waals surface area (Å²) >= 11 is 0. The van der Waals surface area contributed by atoms with E-state index >= 15 is 0 Å². The molecule has 0 bridgehead atoms. The quantitative estimate of drug-likeness (QED) is 0.327. The number of hydrogen-bond donors (Lipinski definition) is 1. The molecular weight excluding hydrogens is 404 g/mol. The molecule has 10 heteroatoms. The van der Waals surface area contributed by atoms with Crippen LogP contribution >= 0.6 is 0 Å². The number of urea groups is 1. The Morgan fingerprint density at radius 3 is 2.52 bits per heavy atom. The standard InChI is InChI=1S/C21H20N4O6/c1-4-31-18-8-6-5-7-16(18)24-20(27)14(19(26)22-21(24)28)11-13-9-10-15(23(2)3)17(12-13)25(29)30/h5-12H,4H2,1-3H3,(H,22,26,28).